The second-order valence-electron chi connectivity index (χ2n) is 5.33. The van der Waals surface area contributed by atoms with E-state index < -0.39 is 0 Å². The summed E-state index contributed by atoms with van der Waals surface area (Å²) < 4.78 is 5.54. The molecular weight excluding hydrogens is 282 g/mol. The summed E-state index contributed by atoms with van der Waals surface area (Å²) in [6.07, 6.45) is 0. The maximum absolute atomic E-state index is 5.81. The summed E-state index contributed by atoms with van der Waals surface area (Å²) in [6, 6.07) is 9.74. The number of ether oxygens (including phenoxy) is 1. The number of fused-ring (bicyclic) bond motifs is 1. The molecule has 5 heteroatoms. The molecule has 0 fully saturated rings. The highest BCUT2D eigenvalue weighted by molar-refractivity contribution is 7.80. The minimum atomic E-state index is 0.382. The van der Waals surface area contributed by atoms with Crippen molar-refractivity contribution >= 4 is 33.9 Å². The van der Waals surface area contributed by atoms with Crippen molar-refractivity contribution in [3.05, 3.63) is 35.9 Å². The minimum Gasteiger partial charge on any atom is -0.389 e. The fraction of sp³-hybridized carbons (Fsp3) is 0.375. The molecule has 1 heterocycles. The van der Waals surface area contributed by atoms with E-state index in [2.05, 4.69) is 24.1 Å². The smallest absolute Gasteiger partial charge is 0.127 e. The SMILES string of the molecule is CC(C)COCCNc1cc(C(N)=S)c2ccccc2n1. The van der Waals surface area contributed by atoms with Gasteiger partial charge in [0.15, 0.2) is 0 Å². The second kappa shape index (κ2) is 7.33. The molecule has 2 aromatic rings. The van der Waals surface area contributed by atoms with E-state index in [-0.39, 0.29) is 0 Å². The zero-order chi connectivity index (χ0) is 15.2. The molecule has 112 valence electrons. The monoisotopic (exact) mass is 303 g/mol. The number of benzene rings is 1. The van der Waals surface area contributed by atoms with E-state index in [0.717, 1.165) is 28.9 Å². The van der Waals surface area contributed by atoms with E-state index in [1.807, 2.05) is 30.3 Å². The Kier molecular flexibility index (Phi) is 5.47. The first-order valence-corrected chi connectivity index (χ1v) is 7.50. The standard InChI is InChI=1S/C16H21N3OS/c1-11(2)10-20-8-7-18-15-9-13(16(17)21)12-5-3-4-6-14(12)19-15/h3-6,9,11H,7-8,10H2,1-2H3,(H2,17,21)(H,18,19). The van der Waals surface area contributed by atoms with Crippen molar-refractivity contribution < 1.29 is 4.74 Å². The summed E-state index contributed by atoms with van der Waals surface area (Å²) in [5.41, 5.74) is 7.54. The Labute approximate surface area is 130 Å². The Hall–Kier alpha value is -1.72. The van der Waals surface area contributed by atoms with Gasteiger partial charge in [-0.05, 0) is 18.1 Å². The third kappa shape index (κ3) is 4.37. The van der Waals surface area contributed by atoms with Crippen molar-refractivity contribution in [2.45, 2.75) is 13.8 Å². The summed E-state index contributed by atoms with van der Waals surface area (Å²) in [5, 5.41) is 4.23. The van der Waals surface area contributed by atoms with Gasteiger partial charge in [0.2, 0.25) is 0 Å². The van der Waals surface area contributed by atoms with Crippen molar-refractivity contribution in [3.63, 3.8) is 0 Å². The molecule has 0 aliphatic carbocycles. The third-order valence-electron chi connectivity index (χ3n) is 2.99. The van der Waals surface area contributed by atoms with Crippen LogP contribution in [-0.4, -0.2) is 29.7 Å². The molecule has 0 aliphatic heterocycles. The van der Waals surface area contributed by atoms with Crippen LogP contribution in [0, 0.1) is 5.92 Å². The van der Waals surface area contributed by atoms with Crippen LogP contribution >= 0.6 is 12.2 Å². The lowest BCUT2D eigenvalue weighted by molar-refractivity contribution is 0.118. The van der Waals surface area contributed by atoms with E-state index in [0.29, 0.717) is 24.1 Å². The number of anilines is 1. The summed E-state index contributed by atoms with van der Waals surface area (Å²) in [5.74, 6) is 1.31. The zero-order valence-corrected chi connectivity index (χ0v) is 13.2. The number of hydrogen-bond acceptors (Lipinski definition) is 4. The molecule has 21 heavy (non-hydrogen) atoms. The molecule has 0 radical (unpaired) electrons. The molecule has 3 N–H and O–H groups in total. The number of pyridine rings is 1. The molecular formula is C16H21N3OS. The molecule has 1 aromatic carbocycles. The Morgan fingerprint density at radius 3 is 2.86 bits per heavy atom. The number of nitrogens with zero attached hydrogens (tertiary/aromatic N) is 1. The van der Waals surface area contributed by atoms with E-state index in [1.54, 1.807) is 0 Å². The summed E-state index contributed by atoms with van der Waals surface area (Å²) in [6.45, 7) is 6.38. The maximum Gasteiger partial charge on any atom is 0.127 e. The van der Waals surface area contributed by atoms with Gasteiger partial charge in [-0.3, -0.25) is 0 Å². The van der Waals surface area contributed by atoms with Gasteiger partial charge in [-0.1, -0.05) is 44.3 Å². The van der Waals surface area contributed by atoms with Crippen LogP contribution in [0.2, 0.25) is 0 Å². The average molecular weight is 303 g/mol. The van der Waals surface area contributed by atoms with Gasteiger partial charge >= 0.3 is 0 Å². The number of hydrogen-bond donors (Lipinski definition) is 2. The quantitative estimate of drug-likeness (QED) is 0.608. The van der Waals surface area contributed by atoms with E-state index in [9.17, 15) is 0 Å². The van der Waals surface area contributed by atoms with Gasteiger partial charge in [0.05, 0.1) is 12.1 Å². The predicted molar refractivity (Wildman–Crippen MR) is 91.8 cm³/mol. The largest absolute Gasteiger partial charge is 0.389 e. The molecule has 4 nitrogen and oxygen atoms in total. The first kappa shape index (κ1) is 15.7. The number of thiocarbonyl (C=S) groups is 1. The normalized spacial score (nSPS) is 11.0. The fourth-order valence-electron chi connectivity index (χ4n) is 2.04. The van der Waals surface area contributed by atoms with Gasteiger partial charge in [0.25, 0.3) is 0 Å². The molecule has 0 amide bonds. The predicted octanol–water partition coefficient (Wildman–Crippen LogP) is 2.95. The van der Waals surface area contributed by atoms with Crippen LogP contribution in [0.3, 0.4) is 0 Å². The number of nitrogens with two attached hydrogens (primary N) is 1. The molecule has 0 aliphatic rings. The molecule has 0 saturated heterocycles. The lowest BCUT2D eigenvalue weighted by Gasteiger charge is -2.11. The number of nitrogens with one attached hydrogen (secondary N) is 1. The second-order valence-corrected chi connectivity index (χ2v) is 5.77. The molecule has 0 saturated carbocycles. The van der Waals surface area contributed by atoms with Crippen LogP contribution in [0.4, 0.5) is 5.82 Å². The van der Waals surface area contributed by atoms with E-state index in [1.165, 1.54) is 0 Å². The van der Waals surface area contributed by atoms with Crippen molar-refractivity contribution in [2.24, 2.45) is 11.7 Å². The summed E-state index contributed by atoms with van der Waals surface area (Å²) >= 11 is 5.13. The van der Waals surface area contributed by atoms with Gasteiger partial charge in [-0.15, -0.1) is 0 Å². The Balaban J connectivity index is 2.08. The third-order valence-corrected chi connectivity index (χ3v) is 3.21. The van der Waals surface area contributed by atoms with Crippen molar-refractivity contribution in [2.75, 3.05) is 25.1 Å². The van der Waals surface area contributed by atoms with Crippen LogP contribution < -0.4 is 11.1 Å². The molecule has 0 bridgehead atoms. The van der Waals surface area contributed by atoms with Gasteiger partial charge in [-0.2, -0.15) is 0 Å². The van der Waals surface area contributed by atoms with Crippen molar-refractivity contribution in [1.29, 1.82) is 0 Å². The van der Waals surface area contributed by atoms with Crippen LogP contribution in [-0.2, 0) is 4.74 Å². The highest BCUT2D eigenvalue weighted by Crippen LogP contribution is 2.20. The molecule has 0 atom stereocenters. The lowest BCUT2D eigenvalue weighted by atomic mass is 10.1. The van der Waals surface area contributed by atoms with Crippen LogP contribution in [0.15, 0.2) is 30.3 Å². The molecule has 1 aromatic heterocycles. The average Bonchev–Trinajstić information content (AvgIpc) is 2.45. The zero-order valence-electron chi connectivity index (χ0n) is 12.4. The first-order chi connectivity index (χ1) is 10.1. The van der Waals surface area contributed by atoms with Gasteiger partial charge in [-0.25, -0.2) is 4.98 Å². The van der Waals surface area contributed by atoms with E-state index in [4.69, 9.17) is 22.7 Å². The minimum absolute atomic E-state index is 0.382. The van der Waals surface area contributed by atoms with Gasteiger partial charge in [0.1, 0.15) is 10.8 Å². The van der Waals surface area contributed by atoms with Crippen LogP contribution in [0.1, 0.15) is 19.4 Å². The van der Waals surface area contributed by atoms with E-state index >= 15 is 0 Å². The Morgan fingerprint density at radius 1 is 1.38 bits per heavy atom. The van der Waals surface area contributed by atoms with Crippen molar-refractivity contribution in [3.8, 4) is 0 Å². The molecule has 2 rings (SSSR count). The molecule has 0 spiro atoms. The van der Waals surface area contributed by atoms with Crippen LogP contribution in [0.25, 0.3) is 10.9 Å². The summed E-state index contributed by atoms with van der Waals surface area (Å²) in [4.78, 5) is 4.95. The summed E-state index contributed by atoms with van der Waals surface area (Å²) in [7, 11) is 0. The Morgan fingerprint density at radius 2 is 2.14 bits per heavy atom. The maximum atomic E-state index is 5.81. The Bertz CT molecular complexity index is 628. The highest BCUT2D eigenvalue weighted by Gasteiger charge is 2.07. The van der Waals surface area contributed by atoms with Crippen molar-refractivity contribution in [1.82, 2.24) is 4.98 Å². The fourth-order valence-corrected chi connectivity index (χ4v) is 2.21. The van der Waals surface area contributed by atoms with Gasteiger partial charge < -0.3 is 15.8 Å². The molecule has 0 unspecified atom stereocenters. The highest BCUT2D eigenvalue weighted by atomic mass is 32.1. The topological polar surface area (TPSA) is 60.2 Å². The number of para-hydroxylation sites is 1. The number of rotatable bonds is 7. The lowest BCUT2D eigenvalue weighted by Crippen LogP contribution is -2.15. The van der Waals surface area contributed by atoms with Crippen LogP contribution in [0.5, 0.6) is 0 Å². The number of aromatic nitrogens is 1. The van der Waals surface area contributed by atoms with Gasteiger partial charge in [0, 0.05) is 24.1 Å². The first-order valence-electron chi connectivity index (χ1n) is 7.09.